The maximum atomic E-state index is 8.99. The fraction of sp³-hybridized carbons (Fsp3) is 0.692. The molecule has 1 heterocycles. The Bertz CT molecular complexity index is 379. The van der Waals surface area contributed by atoms with E-state index in [1.54, 1.807) is 0 Å². The van der Waals surface area contributed by atoms with E-state index < -0.39 is 0 Å². The molecule has 102 valence electrons. The van der Waals surface area contributed by atoms with Crippen molar-refractivity contribution in [3.05, 3.63) is 11.8 Å². The number of aryl methyl sites for hydroxylation is 1. The smallest absolute Gasteiger partial charge is 0.224 e. The van der Waals surface area contributed by atoms with Crippen molar-refractivity contribution in [3.63, 3.8) is 0 Å². The maximum Gasteiger partial charge on any atom is 0.224 e. The minimum atomic E-state index is 0.0476. The molecule has 0 aliphatic heterocycles. The van der Waals surface area contributed by atoms with E-state index in [-0.39, 0.29) is 12.0 Å². The summed E-state index contributed by atoms with van der Waals surface area (Å²) < 4.78 is 0. The number of aliphatic hydroxyl groups excluding tert-OH is 1. The van der Waals surface area contributed by atoms with E-state index in [4.69, 9.17) is 5.11 Å². The van der Waals surface area contributed by atoms with Crippen LogP contribution in [0, 0.1) is 12.3 Å². The molecule has 0 radical (unpaired) electrons. The minimum Gasteiger partial charge on any atom is -0.396 e. The first-order valence-electron chi connectivity index (χ1n) is 6.41. The molecule has 1 aromatic rings. The first-order chi connectivity index (χ1) is 8.46. The molecule has 0 aromatic carbocycles. The van der Waals surface area contributed by atoms with Gasteiger partial charge in [-0.3, -0.25) is 0 Å². The van der Waals surface area contributed by atoms with Crippen LogP contribution < -0.4 is 10.6 Å². The third kappa shape index (κ3) is 4.87. The molecule has 1 rings (SSSR count). The van der Waals surface area contributed by atoms with Crippen molar-refractivity contribution in [1.29, 1.82) is 0 Å². The summed E-state index contributed by atoms with van der Waals surface area (Å²) in [5, 5.41) is 15.4. The Morgan fingerprint density at radius 1 is 1.28 bits per heavy atom. The van der Waals surface area contributed by atoms with E-state index in [9.17, 15) is 0 Å². The van der Waals surface area contributed by atoms with E-state index in [0.29, 0.717) is 5.95 Å². The summed E-state index contributed by atoms with van der Waals surface area (Å²) in [5.74, 6) is 1.48. The average molecular weight is 252 g/mol. The largest absolute Gasteiger partial charge is 0.396 e. The third-order valence-electron chi connectivity index (χ3n) is 2.73. The Morgan fingerprint density at radius 3 is 2.61 bits per heavy atom. The lowest BCUT2D eigenvalue weighted by Gasteiger charge is -2.24. The van der Waals surface area contributed by atoms with Crippen LogP contribution in [0.5, 0.6) is 0 Å². The Morgan fingerprint density at radius 2 is 2.00 bits per heavy atom. The zero-order valence-electron chi connectivity index (χ0n) is 11.7. The van der Waals surface area contributed by atoms with Crippen molar-refractivity contribution < 1.29 is 5.11 Å². The molecule has 0 spiro atoms. The molecule has 0 atom stereocenters. The molecule has 5 nitrogen and oxygen atoms in total. The van der Waals surface area contributed by atoms with Gasteiger partial charge in [0.05, 0.1) is 0 Å². The summed E-state index contributed by atoms with van der Waals surface area (Å²) >= 11 is 0. The van der Waals surface area contributed by atoms with Crippen LogP contribution >= 0.6 is 0 Å². The van der Waals surface area contributed by atoms with Crippen LogP contribution in [-0.2, 0) is 0 Å². The lowest BCUT2D eigenvalue weighted by atomic mass is 9.90. The van der Waals surface area contributed by atoms with E-state index in [1.165, 1.54) is 0 Å². The second-order valence-electron chi connectivity index (χ2n) is 5.24. The predicted molar refractivity (Wildman–Crippen MR) is 74.9 cm³/mol. The monoisotopic (exact) mass is 252 g/mol. The molecule has 0 aliphatic rings. The number of aromatic nitrogens is 2. The number of rotatable bonds is 7. The fourth-order valence-corrected chi connectivity index (χ4v) is 1.62. The van der Waals surface area contributed by atoms with Crippen molar-refractivity contribution in [2.75, 3.05) is 30.3 Å². The number of hydrogen-bond acceptors (Lipinski definition) is 5. The van der Waals surface area contributed by atoms with Crippen LogP contribution in [-0.4, -0.2) is 34.8 Å². The molecule has 1 aromatic heterocycles. The van der Waals surface area contributed by atoms with E-state index in [1.807, 2.05) is 19.9 Å². The number of nitrogens with zero attached hydrogens (tertiary/aromatic N) is 2. The Kier molecular flexibility index (Phi) is 5.34. The SMILES string of the molecule is CCNc1nc(C)cc(NCC(C)(C)CCO)n1. The van der Waals surface area contributed by atoms with Crippen LogP contribution in [0.1, 0.15) is 32.9 Å². The number of hydrogen-bond donors (Lipinski definition) is 3. The highest BCUT2D eigenvalue weighted by atomic mass is 16.3. The predicted octanol–water partition coefficient (Wildman–Crippen LogP) is 2.04. The van der Waals surface area contributed by atoms with Crippen molar-refractivity contribution in [2.45, 2.75) is 34.1 Å². The summed E-state index contributed by atoms with van der Waals surface area (Å²) in [6, 6.07) is 1.93. The second-order valence-corrected chi connectivity index (χ2v) is 5.24. The fourth-order valence-electron chi connectivity index (χ4n) is 1.62. The first-order valence-corrected chi connectivity index (χ1v) is 6.41. The number of nitrogens with one attached hydrogen (secondary N) is 2. The molecule has 0 aliphatic carbocycles. The summed E-state index contributed by atoms with van der Waals surface area (Å²) in [6.45, 7) is 10.00. The molecular weight excluding hydrogens is 228 g/mol. The van der Waals surface area contributed by atoms with Gasteiger partial charge < -0.3 is 15.7 Å². The van der Waals surface area contributed by atoms with Gasteiger partial charge in [-0.15, -0.1) is 0 Å². The van der Waals surface area contributed by atoms with Crippen LogP contribution in [0.15, 0.2) is 6.07 Å². The lowest BCUT2D eigenvalue weighted by molar-refractivity contribution is 0.220. The maximum absolute atomic E-state index is 8.99. The normalized spacial score (nSPS) is 11.4. The van der Waals surface area contributed by atoms with Gasteiger partial charge in [-0.1, -0.05) is 13.8 Å². The van der Waals surface area contributed by atoms with Gasteiger partial charge in [0, 0.05) is 31.5 Å². The molecule has 0 unspecified atom stereocenters. The molecule has 0 amide bonds. The summed E-state index contributed by atoms with van der Waals surface area (Å²) in [7, 11) is 0. The van der Waals surface area contributed by atoms with Gasteiger partial charge in [0.2, 0.25) is 5.95 Å². The first kappa shape index (κ1) is 14.7. The molecule has 0 saturated heterocycles. The van der Waals surface area contributed by atoms with Gasteiger partial charge in [0.1, 0.15) is 5.82 Å². The summed E-state index contributed by atoms with van der Waals surface area (Å²) in [4.78, 5) is 8.69. The highest BCUT2D eigenvalue weighted by molar-refractivity contribution is 5.42. The second kappa shape index (κ2) is 6.54. The Hall–Kier alpha value is -1.36. The van der Waals surface area contributed by atoms with Crippen molar-refractivity contribution >= 4 is 11.8 Å². The van der Waals surface area contributed by atoms with Crippen LogP contribution in [0.3, 0.4) is 0 Å². The Balaban J connectivity index is 2.66. The van der Waals surface area contributed by atoms with Gasteiger partial charge in [-0.25, -0.2) is 4.98 Å². The molecule has 5 heteroatoms. The molecular formula is C13H24N4O. The van der Waals surface area contributed by atoms with Crippen LogP contribution in [0.4, 0.5) is 11.8 Å². The van der Waals surface area contributed by atoms with Gasteiger partial charge in [0.15, 0.2) is 0 Å². The van der Waals surface area contributed by atoms with E-state index in [0.717, 1.165) is 31.0 Å². The van der Waals surface area contributed by atoms with E-state index >= 15 is 0 Å². The Labute approximate surface area is 109 Å². The lowest BCUT2D eigenvalue weighted by Crippen LogP contribution is -2.24. The van der Waals surface area contributed by atoms with Crippen molar-refractivity contribution in [3.8, 4) is 0 Å². The van der Waals surface area contributed by atoms with Crippen molar-refractivity contribution in [2.24, 2.45) is 5.41 Å². The minimum absolute atomic E-state index is 0.0476. The molecule has 0 bridgehead atoms. The van der Waals surface area contributed by atoms with Crippen molar-refractivity contribution in [1.82, 2.24) is 9.97 Å². The molecule has 18 heavy (non-hydrogen) atoms. The average Bonchev–Trinajstić information content (AvgIpc) is 2.26. The van der Waals surface area contributed by atoms with Gasteiger partial charge in [-0.05, 0) is 25.7 Å². The quantitative estimate of drug-likeness (QED) is 0.692. The van der Waals surface area contributed by atoms with Gasteiger partial charge in [-0.2, -0.15) is 4.98 Å². The highest BCUT2D eigenvalue weighted by Gasteiger charge is 2.17. The topological polar surface area (TPSA) is 70.1 Å². The summed E-state index contributed by atoms with van der Waals surface area (Å²) in [5.41, 5.74) is 0.981. The standard InChI is InChI=1S/C13H24N4O/c1-5-14-12-16-10(2)8-11(17-12)15-9-13(3,4)6-7-18/h8,18H,5-7,9H2,1-4H3,(H2,14,15,16,17). The van der Waals surface area contributed by atoms with Crippen LogP contribution in [0.2, 0.25) is 0 Å². The van der Waals surface area contributed by atoms with Gasteiger partial charge >= 0.3 is 0 Å². The zero-order chi connectivity index (χ0) is 13.6. The van der Waals surface area contributed by atoms with E-state index in [2.05, 4.69) is 34.4 Å². The molecule has 0 saturated carbocycles. The number of anilines is 2. The molecule has 0 fully saturated rings. The number of aliphatic hydroxyl groups is 1. The van der Waals surface area contributed by atoms with Crippen LogP contribution in [0.25, 0.3) is 0 Å². The zero-order valence-corrected chi connectivity index (χ0v) is 11.7. The molecule has 3 N–H and O–H groups in total. The highest BCUT2D eigenvalue weighted by Crippen LogP contribution is 2.20. The summed E-state index contributed by atoms with van der Waals surface area (Å²) in [6.07, 6.45) is 0.768. The van der Waals surface area contributed by atoms with Gasteiger partial charge in [0.25, 0.3) is 0 Å². The third-order valence-corrected chi connectivity index (χ3v) is 2.73.